The van der Waals surface area contributed by atoms with E-state index in [9.17, 15) is 0 Å². The number of aryl methyl sites for hydroxylation is 2. The minimum atomic E-state index is 1.09. The van der Waals surface area contributed by atoms with Gasteiger partial charge in [0.1, 0.15) is 0 Å². The summed E-state index contributed by atoms with van der Waals surface area (Å²) in [7, 11) is 0. The Hall–Kier alpha value is -5.40. The van der Waals surface area contributed by atoms with E-state index in [-0.39, 0.29) is 0 Å². The molecule has 3 aliphatic rings. The fourth-order valence-corrected chi connectivity index (χ4v) is 8.49. The van der Waals surface area contributed by atoms with E-state index in [4.69, 9.17) is 0 Å². The first kappa shape index (κ1) is 25.9. The molecule has 0 unspecified atom stereocenters. The van der Waals surface area contributed by atoms with Crippen LogP contribution in [0.5, 0.6) is 0 Å². The van der Waals surface area contributed by atoms with Gasteiger partial charge in [-0.05, 0) is 129 Å². The van der Waals surface area contributed by atoms with Crippen LogP contribution in [0.15, 0.2) is 127 Å². The Balaban J connectivity index is 1.15. The van der Waals surface area contributed by atoms with Crippen molar-refractivity contribution in [3.8, 4) is 27.9 Å². The molecule has 0 fully saturated rings. The molecule has 0 spiro atoms. The predicted molar refractivity (Wildman–Crippen MR) is 196 cm³/mol. The van der Waals surface area contributed by atoms with Crippen LogP contribution in [0.25, 0.3) is 77.6 Å². The Bertz CT molecular complexity index is 2500. The quantitative estimate of drug-likeness (QED) is 0.194. The number of fused-ring (bicyclic) bond motifs is 7. The van der Waals surface area contributed by atoms with Crippen molar-refractivity contribution < 1.29 is 0 Å². The second-order valence-corrected chi connectivity index (χ2v) is 13.1. The molecule has 7 aromatic rings. The minimum Gasteiger partial charge on any atom is -0.309 e. The predicted octanol–water partition coefficient (Wildman–Crippen LogP) is 12.1. The molecule has 0 aliphatic heterocycles. The molecule has 0 saturated carbocycles. The van der Waals surface area contributed by atoms with Gasteiger partial charge in [0.15, 0.2) is 0 Å². The van der Waals surface area contributed by atoms with Gasteiger partial charge in [-0.25, -0.2) is 0 Å². The zero-order chi connectivity index (χ0) is 30.4. The highest BCUT2D eigenvalue weighted by atomic mass is 15.0. The lowest BCUT2D eigenvalue weighted by Crippen LogP contribution is -2.01. The summed E-state index contributed by atoms with van der Waals surface area (Å²) < 4.78 is 2.50. The molecule has 0 N–H and O–H groups in total. The first-order chi connectivity index (χ1) is 22.7. The van der Waals surface area contributed by atoms with Gasteiger partial charge in [-0.3, -0.25) is 0 Å². The normalized spacial score (nSPS) is 14.9. The molecule has 0 bridgehead atoms. The van der Waals surface area contributed by atoms with Crippen LogP contribution in [0.1, 0.15) is 47.2 Å². The molecule has 10 rings (SSSR count). The highest BCUT2D eigenvalue weighted by Crippen LogP contribution is 2.50. The van der Waals surface area contributed by atoms with E-state index >= 15 is 0 Å². The lowest BCUT2D eigenvalue weighted by atomic mass is 9.91. The summed E-state index contributed by atoms with van der Waals surface area (Å²) in [6, 6.07) is 41.3. The van der Waals surface area contributed by atoms with Crippen LogP contribution in [0.2, 0.25) is 0 Å². The van der Waals surface area contributed by atoms with Gasteiger partial charge in [-0.15, -0.1) is 0 Å². The Morgan fingerprint density at radius 2 is 1.24 bits per heavy atom. The Kier molecular flexibility index (Phi) is 5.51. The lowest BCUT2D eigenvalue weighted by Gasteiger charge is -2.17. The smallest absolute Gasteiger partial charge is 0.0540 e. The molecule has 1 aromatic heterocycles. The third-order valence-corrected chi connectivity index (χ3v) is 10.5. The van der Waals surface area contributed by atoms with Gasteiger partial charge >= 0.3 is 0 Å². The van der Waals surface area contributed by atoms with Crippen LogP contribution in [0.3, 0.4) is 0 Å². The van der Waals surface area contributed by atoms with E-state index < -0.39 is 0 Å². The van der Waals surface area contributed by atoms with Crippen molar-refractivity contribution in [1.29, 1.82) is 0 Å². The summed E-state index contributed by atoms with van der Waals surface area (Å²) in [4.78, 5) is 0. The molecule has 1 nitrogen and oxygen atoms in total. The maximum atomic E-state index is 2.50. The number of nitrogens with zero attached hydrogens (tertiary/aromatic N) is 1. The standard InChI is InChI=1S/C45H33N/c1-28-20-24-44-41(26-28)37-16-6-7-19-42(37)46(44)43-25-23-31(33-12-4-5-15-36(33)43)29-10-8-11-30(27-29)32-21-22-40-35-14-3-2-13-34(35)39-18-9-17-38(32)45(39)40/h4-5,7-15,17-27H,2-3,6,16H2,1H3. The molecular weight excluding hydrogens is 555 g/mol. The van der Waals surface area contributed by atoms with E-state index in [0.29, 0.717) is 0 Å². The zero-order valence-corrected chi connectivity index (χ0v) is 26.0. The van der Waals surface area contributed by atoms with Crippen molar-refractivity contribution in [2.45, 2.75) is 32.6 Å². The van der Waals surface area contributed by atoms with Crippen LogP contribution in [-0.2, 0) is 6.42 Å². The van der Waals surface area contributed by atoms with Crippen molar-refractivity contribution in [2.24, 2.45) is 0 Å². The van der Waals surface area contributed by atoms with Crippen LogP contribution in [0.4, 0.5) is 0 Å². The molecule has 0 radical (unpaired) electrons. The maximum absolute atomic E-state index is 2.50. The monoisotopic (exact) mass is 587 g/mol. The summed E-state index contributed by atoms with van der Waals surface area (Å²) in [6.07, 6.45) is 14.0. The number of aromatic nitrogens is 1. The molecule has 46 heavy (non-hydrogen) atoms. The Morgan fingerprint density at radius 1 is 0.543 bits per heavy atom. The van der Waals surface area contributed by atoms with Gasteiger partial charge in [-0.1, -0.05) is 109 Å². The van der Waals surface area contributed by atoms with E-state index in [2.05, 4.69) is 145 Å². The average Bonchev–Trinajstić information content (AvgIpc) is 3.61. The first-order valence-corrected chi connectivity index (χ1v) is 16.7. The third-order valence-electron chi connectivity index (χ3n) is 10.5. The van der Waals surface area contributed by atoms with Gasteiger partial charge in [0.25, 0.3) is 0 Å². The van der Waals surface area contributed by atoms with Crippen LogP contribution in [-0.4, -0.2) is 4.57 Å². The highest BCUT2D eigenvalue weighted by Gasteiger charge is 2.26. The zero-order valence-electron chi connectivity index (χ0n) is 26.0. The first-order valence-electron chi connectivity index (χ1n) is 16.7. The van der Waals surface area contributed by atoms with Crippen molar-refractivity contribution in [3.05, 3.63) is 155 Å². The summed E-state index contributed by atoms with van der Waals surface area (Å²) in [5.41, 5.74) is 17.4. The fourth-order valence-electron chi connectivity index (χ4n) is 8.49. The average molecular weight is 588 g/mol. The molecule has 1 heterocycles. The lowest BCUT2D eigenvalue weighted by molar-refractivity contribution is 0.970. The molecule has 3 aliphatic carbocycles. The second-order valence-electron chi connectivity index (χ2n) is 13.1. The number of hydrogen-bond donors (Lipinski definition) is 0. The van der Waals surface area contributed by atoms with Gasteiger partial charge in [0.05, 0.1) is 11.2 Å². The van der Waals surface area contributed by atoms with Crippen LogP contribution < -0.4 is 0 Å². The summed E-state index contributed by atoms with van der Waals surface area (Å²) in [5.74, 6) is 0. The number of allylic oxidation sites excluding steroid dienone is 5. The van der Waals surface area contributed by atoms with Crippen LogP contribution in [0, 0.1) is 6.92 Å². The molecule has 1 heteroatoms. The SMILES string of the molecule is Cc1ccc2c(c1)c1c(n2-c2ccc(-c3cccc(-c4ccc5c6c(cccc46)C4=CCCC=C45)c3)c3ccccc23)C=CCC1. The Labute approximate surface area is 269 Å². The number of benzene rings is 6. The van der Waals surface area contributed by atoms with Gasteiger partial charge in [-0.2, -0.15) is 0 Å². The van der Waals surface area contributed by atoms with Crippen molar-refractivity contribution in [2.75, 3.05) is 0 Å². The third kappa shape index (κ3) is 3.63. The molecular formula is C45H33N. The van der Waals surface area contributed by atoms with Gasteiger partial charge < -0.3 is 4.57 Å². The summed E-state index contributed by atoms with van der Waals surface area (Å²) in [5, 5.41) is 6.70. The minimum absolute atomic E-state index is 1.09. The second kappa shape index (κ2) is 9.80. The summed E-state index contributed by atoms with van der Waals surface area (Å²) in [6.45, 7) is 2.20. The van der Waals surface area contributed by atoms with E-state index in [1.807, 2.05) is 0 Å². The summed E-state index contributed by atoms with van der Waals surface area (Å²) >= 11 is 0. The molecule has 0 amide bonds. The fraction of sp³-hybridized carbons (Fsp3) is 0.111. The largest absolute Gasteiger partial charge is 0.309 e. The van der Waals surface area contributed by atoms with Crippen molar-refractivity contribution in [3.63, 3.8) is 0 Å². The molecule has 0 saturated heterocycles. The Morgan fingerprint density at radius 3 is 2.09 bits per heavy atom. The molecule has 6 aromatic carbocycles. The maximum Gasteiger partial charge on any atom is 0.0540 e. The highest BCUT2D eigenvalue weighted by molar-refractivity contribution is 6.24. The molecule has 0 atom stereocenters. The van der Waals surface area contributed by atoms with Crippen LogP contribution >= 0.6 is 0 Å². The van der Waals surface area contributed by atoms with Gasteiger partial charge in [0.2, 0.25) is 0 Å². The topological polar surface area (TPSA) is 4.93 Å². The molecule has 218 valence electrons. The van der Waals surface area contributed by atoms with E-state index in [1.54, 1.807) is 0 Å². The number of hydrogen-bond acceptors (Lipinski definition) is 0. The van der Waals surface area contributed by atoms with Crippen molar-refractivity contribution in [1.82, 2.24) is 4.57 Å². The van der Waals surface area contributed by atoms with E-state index in [0.717, 1.165) is 25.7 Å². The number of rotatable bonds is 3. The van der Waals surface area contributed by atoms with E-state index in [1.165, 1.54) is 99.5 Å². The van der Waals surface area contributed by atoms with Gasteiger partial charge in [0, 0.05) is 16.5 Å². The van der Waals surface area contributed by atoms with Crippen molar-refractivity contribution >= 4 is 49.7 Å².